The summed E-state index contributed by atoms with van der Waals surface area (Å²) in [7, 11) is 3.29. The zero-order valence-corrected chi connectivity index (χ0v) is 12.5. The predicted molar refractivity (Wildman–Crippen MR) is 77.0 cm³/mol. The summed E-state index contributed by atoms with van der Waals surface area (Å²) < 4.78 is 16.4. The second-order valence-electron chi connectivity index (χ2n) is 4.96. The van der Waals surface area contributed by atoms with Crippen LogP contribution in [-0.2, 0) is 11.3 Å². The Kier molecular flexibility index (Phi) is 5.17. The quantitative estimate of drug-likeness (QED) is 0.807. The van der Waals surface area contributed by atoms with Gasteiger partial charge in [-0.05, 0) is 26.1 Å². The highest BCUT2D eigenvalue weighted by molar-refractivity contribution is 6.02. The van der Waals surface area contributed by atoms with Crippen molar-refractivity contribution in [3.8, 4) is 11.5 Å². The first-order valence-electron chi connectivity index (χ1n) is 6.89. The maximum absolute atomic E-state index is 12.1. The molecule has 1 heterocycles. The van der Waals surface area contributed by atoms with E-state index in [1.54, 1.807) is 26.1 Å². The maximum Gasteiger partial charge on any atom is 0.191 e. The lowest BCUT2D eigenvalue weighted by atomic mass is 9.97. The molecule has 2 unspecified atom stereocenters. The SMILES string of the molecule is CNCC(O)COc1c(OC)ccc2c1COC(C)C2=O. The molecule has 116 valence electrons. The molecule has 0 saturated heterocycles. The molecule has 2 atom stereocenters. The summed E-state index contributed by atoms with van der Waals surface area (Å²) in [5, 5.41) is 12.6. The van der Waals surface area contributed by atoms with Crippen molar-refractivity contribution in [2.24, 2.45) is 0 Å². The molecule has 0 aliphatic carbocycles. The van der Waals surface area contributed by atoms with E-state index in [-0.39, 0.29) is 19.0 Å². The number of likely N-dealkylation sites (N-methyl/N-ethyl adjacent to an activating group) is 1. The van der Waals surface area contributed by atoms with Crippen LogP contribution in [0.4, 0.5) is 0 Å². The highest BCUT2D eigenvalue weighted by Crippen LogP contribution is 2.37. The fourth-order valence-corrected chi connectivity index (χ4v) is 2.28. The van der Waals surface area contributed by atoms with Crippen LogP contribution in [0.2, 0.25) is 0 Å². The van der Waals surface area contributed by atoms with Gasteiger partial charge in [0.2, 0.25) is 0 Å². The largest absolute Gasteiger partial charge is 0.493 e. The summed E-state index contributed by atoms with van der Waals surface area (Å²) in [6.07, 6.45) is -1.09. The summed E-state index contributed by atoms with van der Waals surface area (Å²) in [6.45, 7) is 2.55. The average molecular weight is 295 g/mol. The zero-order valence-electron chi connectivity index (χ0n) is 12.5. The molecule has 6 nitrogen and oxygen atoms in total. The molecule has 0 spiro atoms. The van der Waals surface area contributed by atoms with E-state index in [1.165, 1.54) is 7.11 Å². The van der Waals surface area contributed by atoms with Gasteiger partial charge in [0.15, 0.2) is 17.3 Å². The Bertz CT molecular complexity index is 517. The van der Waals surface area contributed by atoms with Crippen LogP contribution in [0.5, 0.6) is 11.5 Å². The van der Waals surface area contributed by atoms with Gasteiger partial charge in [0.05, 0.1) is 13.7 Å². The topological polar surface area (TPSA) is 77.0 Å². The number of fused-ring (bicyclic) bond motifs is 1. The van der Waals surface area contributed by atoms with Gasteiger partial charge in [-0.2, -0.15) is 0 Å². The molecule has 0 fully saturated rings. The second kappa shape index (κ2) is 6.89. The van der Waals surface area contributed by atoms with Crippen molar-refractivity contribution in [2.45, 2.75) is 25.7 Å². The minimum atomic E-state index is -0.644. The summed E-state index contributed by atoms with van der Waals surface area (Å²) in [5.41, 5.74) is 1.27. The number of hydrogen-bond donors (Lipinski definition) is 2. The lowest BCUT2D eigenvalue weighted by molar-refractivity contribution is 0.0317. The van der Waals surface area contributed by atoms with Crippen molar-refractivity contribution < 1.29 is 24.1 Å². The van der Waals surface area contributed by atoms with E-state index in [0.29, 0.717) is 29.2 Å². The van der Waals surface area contributed by atoms with E-state index >= 15 is 0 Å². The highest BCUT2D eigenvalue weighted by Gasteiger charge is 2.29. The number of hydrogen-bond acceptors (Lipinski definition) is 6. The van der Waals surface area contributed by atoms with E-state index in [0.717, 1.165) is 0 Å². The number of rotatable bonds is 6. The molecule has 0 amide bonds. The molecule has 1 aliphatic rings. The first-order chi connectivity index (χ1) is 10.1. The monoisotopic (exact) mass is 295 g/mol. The van der Waals surface area contributed by atoms with E-state index in [4.69, 9.17) is 14.2 Å². The number of nitrogens with one attached hydrogen (secondary N) is 1. The van der Waals surface area contributed by atoms with Crippen LogP contribution >= 0.6 is 0 Å². The number of ether oxygens (including phenoxy) is 3. The summed E-state index contributed by atoms with van der Waals surface area (Å²) in [6, 6.07) is 3.43. The lowest BCUT2D eigenvalue weighted by Crippen LogP contribution is -2.30. The third-order valence-electron chi connectivity index (χ3n) is 3.42. The molecule has 1 aromatic carbocycles. The fraction of sp³-hybridized carbons (Fsp3) is 0.533. The number of ketones is 1. The first kappa shape index (κ1) is 15.8. The minimum absolute atomic E-state index is 0.0699. The van der Waals surface area contributed by atoms with Gasteiger partial charge in [0, 0.05) is 17.7 Å². The number of carbonyl (C=O) groups is 1. The molecule has 2 N–H and O–H groups in total. The Labute approximate surface area is 124 Å². The third-order valence-corrected chi connectivity index (χ3v) is 3.42. The fourth-order valence-electron chi connectivity index (χ4n) is 2.28. The molecule has 0 saturated carbocycles. The number of benzene rings is 1. The molecule has 0 radical (unpaired) electrons. The highest BCUT2D eigenvalue weighted by atomic mass is 16.5. The maximum atomic E-state index is 12.1. The van der Waals surface area contributed by atoms with E-state index in [1.807, 2.05) is 0 Å². The predicted octanol–water partition coefficient (Wildman–Crippen LogP) is 0.756. The van der Waals surface area contributed by atoms with Crippen LogP contribution in [0.15, 0.2) is 12.1 Å². The second-order valence-corrected chi connectivity index (χ2v) is 4.96. The first-order valence-corrected chi connectivity index (χ1v) is 6.89. The van der Waals surface area contributed by atoms with Gasteiger partial charge in [-0.25, -0.2) is 0 Å². The van der Waals surface area contributed by atoms with Crippen molar-refractivity contribution in [1.82, 2.24) is 5.32 Å². The van der Waals surface area contributed by atoms with Crippen LogP contribution in [-0.4, -0.2) is 50.4 Å². The van der Waals surface area contributed by atoms with Gasteiger partial charge in [-0.15, -0.1) is 0 Å². The normalized spacial score (nSPS) is 19.0. The van der Waals surface area contributed by atoms with Gasteiger partial charge in [0.25, 0.3) is 0 Å². The third kappa shape index (κ3) is 3.34. The minimum Gasteiger partial charge on any atom is -0.493 e. The summed E-state index contributed by atoms with van der Waals surface area (Å²) >= 11 is 0. The van der Waals surface area contributed by atoms with Crippen LogP contribution in [0.1, 0.15) is 22.8 Å². The van der Waals surface area contributed by atoms with E-state index in [2.05, 4.69) is 5.32 Å². The lowest BCUT2D eigenvalue weighted by Gasteiger charge is -2.25. The molecule has 0 aromatic heterocycles. The Morgan fingerprint density at radius 3 is 2.95 bits per heavy atom. The van der Waals surface area contributed by atoms with Crippen LogP contribution in [0.25, 0.3) is 0 Å². The summed E-state index contributed by atoms with van der Waals surface area (Å²) in [4.78, 5) is 12.1. The van der Waals surface area contributed by atoms with Gasteiger partial charge >= 0.3 is 0 Å². The van der Waals surface area contributed by atoms with Crippen LogP contribution in [0, 0.1) is 0 Å². The molecule has 0 bridgehead atoms. The van der Waals surface area contributed by atoms with Crippen molar-refractivity contribution in [2.75, 3.05) is 27.3 Å². The van der Waals surface area contributed by atoms with Gasteiger partial charge < -0.3 is 24.6 Å². The van der Waals surface area contributed by atoms with Gasteiger partial charge in [-0.3, -0.25) is 4.79 Å². The van der Waals surface area contributed by atoms with E-state index in [9.17, 15) is 9.90 Å². The van der Waals surface area contributed by atoms with Gasteiger partial charge in [-0.1, -0.05) is 0 Å². The Morgan fingerprint density at radius 1 is 1.52 bits per heavy atom. The molecular formula is C15H21NO5. The average Bonchev–Trinajstić information content (AvgIpc) is 2.48. The molecule has 2 rings (SSSR count). The number of Topliss-reactive ketones (excluding diaryl/α,β-unsaturated/α-hetero) is 1. The molecule has 6 heteroatoms. The Hall–Kier alpha value is -1.63. The van der Waals surface area contributed by atoms with Crippen LogP contribution in [0.3, 0.4) is 0 Å². The van der Waals surface area contributed by atoms with Crippen molar-refractivity contribution >= 4 is 5.78 Å². The zero-order chi connectivity index (χ0) is 15.4. The number of methoxy groups -OCH3 is 1. The van der Waals surface area contributed by atoms with Crippen molar-refractivity contribution in [3.05, 3.63) is 23.3 Å². The number of aliphatic hydroxyl groups excluding tert-OH is 1. The van der Waals surface area contributed by atoms with E-state index < -0.39 is 12.2 Å². The Morgan fingerprint density at radius 2 is 2.29 bits per heavy atom. The van der Waals surface area contributed by atoms with Crippen molar-refractivity contribution in [1.29, 1.82) is 0 Å². The number of aliphatic hydroxyl groups is 1. The van der Waals surface area contributed by atoms with Gasteiger partial charge in [0.1, 0.15) is 18.8 Å². The molecule has 21 heavy (non-hydrogen) atoms. The number of carbonyl (C=O) groups excluding carboxylic acids is 1. The summed E-state index contributed by atoms with van der Waals surface area (Å²) in [5.74, 6) is 0.918. The molecule has 1 aliphatic heterocycles. The van der Waals surface area contributed by atoms with Crippen LogP contribution < -0.4 is 14.8 Å². The Balaban J connectivity index is 2.28. The molecular weight excluding hydrogens is 274 g/mol. The molecule has 1 aromatic rings. The smallest absolute Gasteiger partial charge is 0.191 e. The van der Waals surface area contributed by atoms with Crippen molar-refractivity contribution in [3.63, 3.8) is 0 Å². The standard InChI is InChI=1S/C15H21NO5/c1-9-14(18)11-4-5-13(19-3)15(12(11)8-20-9)21-7-10(17)6-16-2/h4-5,9-10,16-17H,6-8H2,1-3H3.